The topological polar surface area (TPSA) is 115 Å². The Balaban J connectivity index is 1.84. The molecule has 0 bridgehead atoms. The van der Waals surface area contributed by atoms with Gasteiger partial charge in [0.1, 0.15) is 12.0 Å². The summed E-state index contributed by atoms with van der Waals surface area (Å²) in [6.07, 6.45) is 3.24. The number of aromatic amines is 1. The second-order valence-electron chi connectivity index (χ2n) is 4.82. The number of nitrogens with one attached hydrogen (secondary N) is 1. The van der Waals surface area contributed by atoms with Crippen molar-refractivity contribution < 1.29 is 4.92 Å². The third-order valence-electron chi connectivity index (χ3n) is 3.44. The van der Waals surface area contributed by atoms with Crippen molar-refractivity contribution in [1.82, 2.24) is 30.0 Å². The molecule has 0 atom stereocenters. The van der Waals surface area contributed by atoms with E-state index < -0.39 is 4.92 Å². The molecule has 0 radical (unpaired) electrons. The summed E-state index contributed by atoms with van der Waals surface area (Å²) in [5, 5.41) is 25.7. The first-order valence-corrected chi connectivity index (χ1v) is 6.68. The number of fused-ring (bicyclic) bond motifs is 1. The highest BCUT2D eigenvalue weighted by atomic mass is 16.6. The summed E-state index contributed by atoms with van der Waals surface area (Å²) in [4.78, 5) is 14.6. The Morgan fingerprint density at radius 3 is 2.96 bits per heavy atom. The summed E-state index contributed by atoms with van der Waals surface area (Å²) in [5.41, 5.74) is 3.33. The zero-order chi connectivity index (χ0) is 15.8. The van der Waals surface area contributed by atoms with Gasteiger partial charge in [-0.3, -0.25) is 15.2 Å². The predicted molar refractivity (Wildman–Crippen MR) is 80.5 cm³/mol. The fourth-order valence-corrected chi connectivity index (χ4v) is 2.36. The van der Waals surface area contributed by atoms with Crippen LogP contribution in [0.5, 0.6) is 0 Å². The van der Waals surface area contributed by atoms with E-state index in [-0.39, 0.29) is 5.69 Å². The zero-order valence-corrected chi connectivity index (χ0v) is 11.6. The van der Waals surface area contributed by atoms with Crippen LogP contribution in [0.25, 0.3) is 28.2 Å². The molecular weight excluding hydrogens is 298 g/mol. The summed E-state index contributed by atoms with van der Waals surface area (Å²) in [7, 11) is 0. The lowest BCUT2D eigenvalue weighted by Crippen LogP contribution is -1.91. The number of nitrogens with zero attached hydrogens (tertiary/aromatic N) is 6. The Morgan fingerprint density at radius 2 is 2.09 bits per heavy atom. The number of hydrogen-bond acceptors (Lipinski definition) is 6. The van der Waals surface area contributed by atoms with Gasteiger partial charge in [0.25, 0.3) is 5.69 Å². The molecule has 4 rings (SSSR count). The van der Waals surface area contributed by atoms with Crippen molar-refractivity contribution in [2.24, 2.45) is 0 Å². The Kier molecular flexibility index (Phi) is 2.83. The molecule has 23 heavy (non-hydrogen) atoms. The standard InChI is InChI=1S/C14H9N7O2/c22-21(23)11-3-1-2-9(6-11)13-14(18-19-17-13)10-4-5-12-15-8-16-20(12)7-10/h1-8H,(H,17,18,19). The van der Waals surface area contributed by atoms with Crippen molar-refractivity contribution in [2.75, 3.05) is 0 Å². The molecule has 0 unspecified atom stereocenters. The van der Waals surface area contributed by atoms with E-state index in [1.807, 2.05) is 12.1 Å². The normalized spacial score (nSPS) is 11.0. The van der Waals surface area contributed by atoms with Crippen molar-refractivity contribution in [3.05, 3.63) is 59.0 Å². The Labute approximate surface area is 128 Å². The van der Waals surface area contributed by atoms with Crippen molar-refractivity contribution in [3.63, 3.8) is 0 Å². The van der Waals surface area contributed by atoms with E-state index in [1.165, 1.54) is 18.5 Å². The van der Waals surface area contributed by atoms with E-state index >= 15 is 0 Å². The quantitative estimate of drug-likeness (QED) is 0.457. The van der Waals surface area contributed by atoms with E-state index in [2.05, 4.69) is 25.5 Å². The predicted octanol–water partition coefficient (Wildman–Crippen LogP) is 2.09. The molecule has 3 heterocycles. The number of pyridine rings is 1. The molecule has 9 nitrogen and oxygen atoms in total. The molecule has 4 aromatic rings. The maximum atomic E-state index is 10.9. The van der Waals surface area contributed by atoms with E-state index in [0.717, 1.165) is 5.56 Å². The minimum Gasteiger partial charge on any atom is -0.258 e. The average Bonchev–Trinajstić information content (AvgIpc) is 3.23. The second-order valence-corrected chi connectivity index (χ2v) is 4.82. The first kappa shape index (κ1) is 13.1. The van der Waals surface area contributed by atoms with Gasteiger partial charge in [0.15, 0.2) is 5.65 Å². The molecule has 0 aliphatic rings. The number of benzene rings is 1. The van der Waals surface area contributed by atoms with Gasteiger partial charge >= 0.3 is 0 Å². The lowest BCUT2D eigenvalue weighted by Gasteiger charge is -2.03. The summed E-state index contributed by atoms with van der Waals surface area (Å²) in [6, 6.07) is 9.97. The molecule has 0 spiro atoms. The van der Waals surface area contributed by atoms with Gasteiger partial charge in [-0.1, -0.05) is 17.3 Å². The van der Waals surface area contributed by atoms with Crippen LogP contribution in [-0.4, -0.2) is 34.9 Å². The second kappa shape index (κ2) is 4.98. The first-order chi connectivity index (χ1) is 11.2. The Bertz CT molecular complexity index is 1020. The highest BCUT2D eigenvalue weighted by molar-refractivity contribution is 5.78. The van der Waals surface area contributed by atoms with Crippen LogP contribution in [0.15, 0.2) is 48.9 Å². The van der Waals surface area contributed by atoms with Crippen molar-refractivity contribution >= 4 is 11.3 Å². The maximum absolute atomic E-state index is 10.9. The number of H-pyrrole nitrogens is 1. The van der Waals surface area contributed by atoms with E-state index in [0.29, 0.717) is 22.6 Å². The van der Waals surface area contributed by atoms with Gasteiger partial charge in [0.05, 0.1) is 10.6 Å². The average molecular weight is 307 g/mol. The molecule has 112 valence electrons. The lowest BCUT2D eigenvalue weighted by atomic mass is 10.1. The van der Waals surface area contributed by atoms with Crippen LogP contribution in [0.1, 0.15) is 0 Å². The minimum absolute atomic E-state index is 0.00905. The molecule has 0 saturated carbocycles. The van der Waals surface area contributed by atoms with E-state index in [4.69, 9.17) is 0 Å². The van der Waals surface area contributed by atoms with Crippen LogP contribution in [0.2, 0.25) is 0 Å². The van der Waals surface area contributed by atoms with Crippen LogP contribution in [0.4, 0.5) is 5.69 Å². The van der Waals surface area contributed by atoms with Crippen molar-refractivity contribution in [3.8, 4) is 22.5 Å². The van der Waals surface area contributed by atoms with Crippen LogP contribution in [0.3, 0.4) is 0 Å². The lowest BCUT2D eigenvalue weighted by molar-refractivity contribution is -0.384. The maximum Gasteiger partial charge on any atom is 0.270 e. The number of non-ortho nitro benzene ring substituents is 1. The molecule has 0 saturated heterocycles. The van der Waals surface area contributed by atoms with E-state index in [9.17, 15) is 10.1 Å². The van der Waals surface area contributed by atoms with Crippen LogP contribution < -0.4 is 0 Å². The molecule has 0 fully saturated rings. The number of aromatic nitrogens is 6. The van der Waals surface area contributed by atoms with Gasteiger partial charge in [-0.05, 0) is 12.1 Å². The first-order valence-electron chi connectivity index (χ1n) is 6.68. The third kappa shape index (κ3) is 2.20. The third-order valence-corrected chi connectivity index (χ3v) is 3.44. The fourth-order valence-electron chi connectivity index (χ4n) is 2.36. The number of rotatable bonds is 3. The SMILES string of the molecule is O=[N+]([O-])c1cccc(-c2[nH]nnc2-c2ccc3ncnn3c2)c1. The summed E-state index contributed by atoms with van der Waals surface area (Å²) in [5.74, 6) is 0. The van der Waals surface area contributed by atoms with Gasteiger partial charge < -0.3 is 0 Å². The molecule has 9 heteroatoms. The molecular formula is C14H9N7O2. The summed E-state index contributed by atoms with van der Waals surface area (Å²) >= 11 is 0. The smallest absolute Gasteiger partial charge is 0.258 e. The molecule has 1 aromatic carbocycles. The van der Waals surface area contributed by atoms with E-state index in [1.54, 1.807) is 22.8 Å². The zero-order valence-electron chi connectivity index (χ0n) is 11.6. The Morgan fingerprint density at radius 1 is 1.17 bits per heavy atom. The number of nitro benzene ring substituents is 1. The van der Waals surface area contributed by atoms with Gasteiger partial charge in [-0.25, -0.2) is 9.50 Å². The van der Waals surface area contributed by atoms with Crippen LogP contribution in [-0.2, 0) is 0 Å². The Hall–Kier alpha value is -3.62. The highest BCUT2D eigenvalue weighted by Crippen LogP contribution is 2.30. The van der Waals surface area contributed by atoms with Gasteiger partial charge in [-0.2, -0.15) is 5.10 Å². The number of nitro groups is 1. The molecule has 3 aromatic heterocycles. The molecule has 1 N–H and O–H groups in total. The van der Waals surface area contributed by atoms with Gasteiger partial charge in [-0.15, -0.1) is 5.10 Å². The van der Waals surface area contributed by atoms with Crippen molar-refractivity contribution in [1.29, 1.82) is 0 Å². The molecule has 0 aliphatic heterocycles. The fraction of sp³-hybridized carbons (Fsp3) is 0. The van der Waals surface area contributed by atoms with Crippen molar-refractivity contribution in [2.45, 2.75) is 0 Å². The molecule has 0 aliphatic carbocycles. The number of hydrogen-bond donors (Lipinski definition) is 1. The summed E-state index contributed by atoms with van der Waals surface area (Å²) in [6.45, 7) is 0. The minimum atomic E-state index is -0.436. The van der Waals surface area contributed by atoms with Gasteiger partial charge in [0, 0.05) is 29.5 Å². The largest absolute Gasteiger partial charge is 0.270 e. The summed E-state index contributed by atoms with van der Waals surface area (Å²) < 4.78 is 1.63. The highest BCUT2D eigenvalue weighted by Gasteiger charge is 2.15. The monoisotopic (exact) mass is 307 g/mol. The van der Waals surface area contributed by atoms with Crippen LogP contribution >= 0.6 is 0 Å². The molecule has 0 amide bonds. The van der Waals surface area contributed by atoms with Crippen LogP contribution in [0, 0.1) is 10.1 Å². The van der Waals surface area contributed by atoms with Gasteiger partial charge in [0.2, 0.25) is 0 Å².